The minimum atomic E-state index is 0.152. The topological polar surface area (TPSA) is 32.7 Å². The number of aryl methyl sites for hydroxylation is 1. The number of benzene rings is 2. The van der Waals surface area contributed by atoms with Gasteiger partial charge in [-0.2, -0.15) is 0 Å². The summed E-state index contributed by atoms with van der Waals surface area (Å²) < 4.78 is 6.12. The third-order valence-corrected chi connectivity index (χ3v) is 3.85. The van der Waals surface area contributed by atoms with Crippen LogP contribution in [0.15, 0.2) is 40.9 Å². The SMILES string of the molecule is CCOc1cc(CN(C)c2cccc(C)c2)cc(Br)c1O. The summed E-state index contributed by atoms with van der Waals surface area (Å²) >= 11 is 3.38. The van der Waals surface area contributed by atoms with Gasteiger partial charge in [0.05, 0.1) is 11.1 Å². The first kappa shape index (κ1) is 15.7. The highest BCUT2D eigenvalue weighted by Crippen LogP contribution is 2.36. The van der Waals surface area contributed by atoms with E-state index in [4.69, 9.17) is 4.74 Å². The number of phenolic OH excluding ortho intramolecular Hbond substituents is 1. The van der Waals surface area contributed by atoms with Crippen LogP contribution in [0.1, 0.15) is 18.1 Å². The van der Waals surface area contributed by atoms with Crippen molar-refractivity contribution >= 4 is 21.6 Å². The Morgan fingerprint density at radius 3 is 2.67 bits per heavy atom. The number of hydrogen-bond acceptors (Lipinski definition) is 3. The average Bonchev–Trinajstić information content (AvgIpc) is 2.44. The molecule has 3 nitrogen and oxygen atoms in total. The average molecular weight is 350 g/mol. The van der Waals surface area contributed by atoms with Crippen LogP contribution in [-0.2, 0) is 6.54 Å². The van der Waals surface area contributed by atoms with E-state index < -0.39 is 0 Å². The van der Waals surface area contributed by atoms with Crippen LogP contribution in [0.4, 0.5) is 5.69 Å². The Labute approximate surface area is 134 Å². The van der Waals surface area contributed by atoms with Gasteiger partial charge in [0, 0.05) is 19.3 Å². The molecule has 2 aromatic carbocycles. The van der Waals surface area contributed by atoms with Crippen molar-refractivity contribution in [2.75, 3.05) is 18.6 Å². The Bertz CT molecular complexity index is 628. The van der Waals surface area contributed by atoms with Crippen molar-refractivity contribution in [3.8, 4) is 11.5 Å². The van der Waals surface area contributed by atoms with Crippen molar-refractivity contribution < 1.29 is 9.84 Å². The van der Waals surface area contributed by atoms with Gasteiger partial charge < -0.3 is 14.7 Å². The number of phenols is 1. The predicted molar refractivity (Wildman–Crippen MR) is 90.3 cm³/mol. The Morgan fingerprint density at radius 2 is 2.00 bits per heavy atom. The fourth-order valence-corrected chi connectivity index (χ4v) is 2.70. The second-order valence-corrected chi connectivity index (χ2v) is 5.91. The second-order valence-electron chi connectivity index (χ2n) is 5.05. The molecule has 21 heavy (non-hydrogen) atoms. The summed E-state index contributed by atoms with van der Waals surface area (Å²) in [6.07, 6.45) is 0. The molecule has 0 saturated heterocycles. The number of ether oxygens (including phenoxy) is 1. The maximum absolute atomic E-state index is 9.96. The standard InChI is InChI=1S/C17H20BrNO2/c1-4-21-16-10-13(9-15(18)17(16)20)11-19(3)14-7-5-6-12(2)8-14/h5-10,20H,4,11H2,1-3H3. The van der Waals surface area contributed by atoms with Crippen molar-refractivity contribution in [1.82, 2.24) is 0 Å². The van der Waals surface area contributed by atoms with Gasteiger partial charge >= 0.3 is 0 Å². The van der Waals surface area contributed by atoms with Gasteiger partial charge in [-0.3, -0.25) is 0 Å². The zero-order valence-corrected chi connectivity index (χ0v) is 14.1. The molecule has 0 spiro atoms. The van der Waals surface area contributed by atoms with Crippen LogP contribution in [0.3, 0.4) is 0 Å². The van der Waals surface area contributed by atoms with Gasteiger partial charge in [-0.15, -0.1) is 0 Å². The van der Waals surface area contributed by atoms with E-state index in [1.165, 1.54) is 5.56 Å². The maximum Gasteiger partial charge on any atom is 0.172 e. The van der Waals surface area contributed by atoms with Crippen molar-refractivity contribution in [2.45, 2.75) is 20.4 Å². The molecular weight excluding hydrogens is 330 g/mol. The number of aromatic hydroxyl groups is 1. The highest BCUT2D eigenvalue weighted by atomic mass is 79.9. The Hall–Kier alpha value is -1.68. The zero-order chi connectivity index (χ0) is 15.4. The van der Waals surface area contributed by atoms with Crippen LogP contribution in [-0.4, -0.2) is 18.8 Å². The van der Waals surface area contributed by atoms with E-state index in [1.54, 1.807) is 0 Å². The summed E-state index contributed by atoms with van der Waals surface area (Å²) in [5.41, 5.74) is 3.48. The zero-order valence-electron chi connectivity index (χ0n) is 12.6. The minimum absolute atomic E-state index is 0.152. The van der Waals surface area contributed by atoms with Crippen LogP contribution in [0.5, 0.6) is 11.5 Å². The van der Waals surface area contributed by atoms with Crippen LogP contribution in [0.2, 0.25) is 0 Å². The molecule has 112 valence electrons. The lowest BCUT2D eigenvalue weighted by atomic mass is 10.1. The molecule has 0 aliphatic carbocycles. The van der Waals surface area contributed by atoms with E-state index in [0.29, 0.717) is 16.8 Å². The van der Waals surface area contributed by atoms with Crippen LogP contribution >= 0.6 is 15.9 Å². The Balaban J connectivity index is 2.23. The van der Waals surface area contributed by atoms with Crippen molar-refractivity contribution in [2.24, 2.45) is 0 Å². The quantitative estimate of drug-likeness (QED) is 0.862. The maximum atomic E-state index is 9.96. The van der Waals surface area contributed by atoms with Crippen molar-refractivity contribution in [1.29, 1.82) is 0 Å². The molecule has 0 amide bonds. The van der Waals surface area contributed by atoms with E-state index in [0.717, 1.165) is 17.8 Å². The van der Waals surface area contributed by atoms with Crippen LogP contribution in [0, 0.1) is 6.92 Å². The summed E-state index contributed by atoms with van der Waals surface area (Å²) in [6, 6.07) is 12.2. The largest absolute Gasteiger partial charge is 0.503 e. The van der Waals surface area contributed by atoms with E-state index in [2.05, 4.69) is 59.1 Å². The molecule has 0 radical (unpaired) electrons. The van der Waals surface area contributed by atoms with Gasteiger partial charge in [-0.05, 0) is 65.2 Å². The highest BCUT2D eigenvalue weighted by Gasteiger charge is 2.11. The lowest BCUT2D eigenvalue weighted by molar-refractivity contribution is 0.317. The molecule has 2 aromatic rings. The number of nitrogens with zero attached hydrogens (tertiary/aromatic N) is 1. The lowest BCUT2D eigenvalue weighted by Gasteiger charge is -2.21. The molecule has 4 heteroatoms. The molecule has 1 N–H and O–H groups in total. The van der Waals surface area contributed by atoms with Crippen LogP contribution in [0.25, 0.3) is 0 Å². The first-order chi connectivity index (χ1) is 10.0. The van der Waals surface area contributed by atoms with Gasteiger partial charge in [-0.25, -0.2) is 0 Å². The van der Waals surface area contributed by atoms with E-state index in [9.17, 15) is 5.11 Å². The monoisotopic (exact) mass is 349 g/mol. The number of anilines is 1. The predicted octanol–water partition coefficient (Wildman–Crippen LogP) is 4.50. The molecule has 0 saturated carbocycles. The molecule has 0 fully saturated rings. The van der Waals surface area contributed by atoms with Crippen molar-refractivity contribution in [3.05, 3.63) is 52.0 Å². The van der Waals surface area contributed by atoms with E-state index in [1.807, 2.05) is 19.1 Å². The van der Waals surface area contributed by atoms with Crippen LogP contribution < -0.4 is 9.64 Å². The summed E-state index contributed by atoms with van der Waals surface area (Å²) in [5.74, 6) is 0.665. The third-order valence-electron chi connectivity index (χ3n) is 3.25. The Kier molecular flexibility index (Phi) is 5.12. The first-order valence-corrected chi connectivity index (χ1v) is 7.72. The molecule has 0 heterocycles. The molecule has 0 aliphatic heterocycles. The molecular formula is C17H20BrNO2. The second kappa shape index (κ2) is 6.85. The highest BCUT2D eigenvalue weighted by molar-refractivity contribution is 9.10. The summed E-state index contributed by atoms with van der Waals surface area (Å²) in [6.45, 7) is 5.25. The van der Waals surface area contributed by atoms with Gasteiger partial charge in [0.25, 0.3) is 0 Å². The molecule has 0 atom stereocenters. The van der Waals surface area contributed by atoms with E-state index in [-0.39, 0.29) is 5.75 Å². The van der Waals surface area contributed by atoms with E-state index >= 15 is 0 Å². The van der Waals surface area contributed by atoms with Gasteiger partial charge in [0.1, 0.15) is 0 Å². The summed E-state index contributed by atoms with van der Waals surface area (Å²) in [5, 5.41) is 9.96. The fourth-order valence-electron chi connectivity index (χ4n) is 2.21. The molecule has 0 aliphatic rings. The smallest absolute Gasteiger partial charge is 0.172 e. The Morgan fingerprint density at radius 1 is 1.24 bits per heavy atom. The fraction of sp³-hybridized carbons (Fsp3) is 0.294. The number of hydrogen-bond donors (Lipinski definition) is 1. The lowest BCUT2D eigenvalue weighted by Crippen LogP contribution is -2.16. The molecule has 2 rings (SSSR count). The van der Waals surface area contributed by atoms with Gasteiger partial charge in [0.2, 0.25) is 0 Å². The number of halogens is 1. The first-order valence-electron chi connectivity index (χ1n) is 6.93. The molecule has 0 unspecified atom stereocenters. The normalized spacial score (nSPS) is 10.5. The minimum Gasteiger partial charge on any atom is -0.503 e. The van der Waals surface area contributed by atoms with Crippen molar-refractivity contribution in [3.63, 3.8) is 0 Å². The van der Waals surface area contributed by atoms with Gasteiger partial charge in [0.15, 0.2) is 11.5 Å². The number of rotatable bonds is 5. The molecule has 0 bridgehead atoms. The third kappa shape index (κ3) is 3.91. The summed E-state index contributed by atoms with van der Waals surface area (Å²) in [7, 11) is 2.05. The molecule has 0 aromatic heterocycles. The van der Waals surface area contributed by atoms with Gasteiger partial charge in [-0.1, -0.05) is 12.1 Å². The summed E-state index contributed by atoms with van der Waals surface area (Å²) in [4.78, 5) is 2.17.